The fraction of sp³-hybridized carbons (Fsp3) is 0.294. The maximum Gasteiger partial charge on any atom is 0.129 e. The van der Waals surface area contributed by atoms with Gasteiger partial charge in [0.15, 0.2) is 0 Å². The Morgan fingerprint density at radius 3 is 2.43 bits per heavy atom. The lowest BCUT2D eigenvalue weighted by Crippen LogP contribution is -2.06. The minimum atomic E-state index is -0.852. The lowest BCUT2D eigenvalue weighted by atomic mass is 9.95. The first-order valence-electron chi connectivity index (χ1n) is 6.69. The molecule has 112 valence electrons. The van der Waals surface area contributed by atoms with Crippen LogP contribution in [0.1, 0.15) is 28.4 Å². The molecule has 2 rings (SSSR count). The van der Waals surface area contributed by atoms with E-state index in [1.165, 1.54) is 12.1 Å². The average molecular weight is 292 g/mol. The number of ether oxygens (including phenoxy) is 1. The van der Waals surface area contributed by atoms with E-state index in [0.29, 0.717) is 0 Å². The van der Waals surface area contributed by atoms with E-state index in [2.05, 4.69) is 0 Å². The van der Waals surface area contributed by atoms with Crippen molar-refractivity contribution in [2.75, 3.05) is 7.11 Å². The topological polar surface area (TPSA) is 29.5 Å². The molecule has 1 unspecified atom stereocenters. The number of benzene rings is 2. The summed E-state index contributed by atoms with van der Waals surface area (Å²) in [6, 6.07) is 7.06. The van der Waals surface area contributed by atoms with Gasteiger partial charge < -0.3 is 9.84 Å². The van der Waals surface area contributed by atoms with E-state index >= 15 is 0 Å². The van der Waals surface area contributed by atoms with E-state index in [0.717, 1.165) is 28.5 Å². The summed E-state index contributed by atoms with van der Waals surface area (Å²) in [4.78, 5) is 0. The molecule has 0 bridgehead atoms. The zero-order chi connectivity index (χ0) is 15.6. The average Bonchev–Trinajstić information content (AvgIpc) is 2.43. The molecule has 0 aliphatic rings. The van der Waals surface area contributed by atoms with Gasteiger partial charge in [0, 0.05) is 12.5 Å². The van der Waals surface area contributed by atoms with Crippen molar-refractivity contribution in [2.45, 2.75) is 26.4 Å². The maximum atomic E-state index is 13.7. The highest BCUT2D eigenvalue weighted by Gasteiger charge is 2.16. The molecule has 0 aromatic heterocycles. The van der Waals surface area contributed by atoms with Gasteiger partial charge in [-0.2, -0.15) is 0 Å². The molecule has 2 aromatic rings. The number of aryl methyl sites for hydroxylation is 2. The summed E-state index contributed by atoms with van der Waals surface area (Å²) in [5.41, 5.74) is 2.78. The van der Waals surface area contributed by atoms with Crippen LogP contribution in [0.15, 0.2) is 30.3 Å². The second-order valence-electron chi connectivity index (χ2n) is 5.13. The lowest BCUT2D eigenvalue weighted by molar-refractivity contribution is 0.176. The van der Waals surface area contributed by atoms with Crippen molar-refractivity contribution in [3.63, 3.8) is 0 Å². The van der Waals surface area contributed by atoms with Crippen LogP contribution in [0.3, 0.4) is 0 Å². The van der Waals surface area contributed by atoms with Crippen LogP contribution in [0.5, 0.6) is 5.75 Å². The van der Waals surface area contributed by atoms with Crippen LogP contribution >= 0.6 is 0 Å². The Morgan fingerprint density at radius 1 is 1.10 bits per heavy atom. The van der Waals surface area contributed by atoms with Crippen molar-refractivity contribution in [3.05, 3.63) is 64.2 Å². The van der Waals surface area contributed by atoms with E-state index in [4.69, 9.17) is 4.74 Å². The van der Waals surface area contributed by atoms with Gasteiger partial charge in [0.05, 0.1) is 13.2 Å². The van der Waals surface area contributed by atoms with Crippen LogP contribution in [0.2, 0.25) is 0 Å². The number of aliphatic hydroxyl groups excluding tert-OH is 1. The number of aliphatic hydroxyl groups is 1. The first-order chi connectivity index (χ1) is 9.92. The Balaban J connectivity index is 2.28. The predicted octanol–water partition coefficient (Wildman–Crippen LogP) is 3.87. The molecule has 0 spiro atoms. The quantitative estimate of drug-likeness (QED) is 0.927. The van der Waals surface area contributed by atoms with Gasteiger partial charge in [-0.25, -0.2) is 8.78 Å². The van der Waals surface area contributed by atoms with Crippen LogP contribution < -0.4 is 4.74 Å². The highest BCUT2D eigenvalue weighted by Crippen LogP contribution is 2.29. The van der Waals surface area contributed by atoms with Crippen molar-refractivity contribution in [2.24, 2.45) is 0 Å². The molecular formula is C17H18F2O2. The Morgan fingerprint density at radius 2 is 1.81 bits per heavy atom. The fourth-order valence-electron chi connectivity index (χ4n) is 2.40. The summed E-state index contributed by atoms with van der Waals surface area (Å²) in [5.74, 6) is -0.518. The van der Waals surface area contributed by atoms with E-state index in [1.54, 1.807) is 7.11 Å². The van der Waals surface area contributed by atoms with Crippen molar-refractivity contribution in [1.29, 1.82) is 0 Å². The van der Waals surface area contributed by atoms with Gasteiger partial charge in [0.2, 0.25) is 0 Å². The summed E-state index contributed by atoms with van der Waals surface area (Å²) >= 11 is 0. The molecule has 0 heterocycles. The van der Waals surface area contributed by atoms with Crippen molar-refractivity contribution >= 4 is 0 Å². The summed E-state index contributed by atoms with van der Waals surface area (Å²) in [6.45, 7) is 3.74. The van der Waals surface area contributed by atoms with E-state index in [1.807, 2.05) is 26.0 Å². The molecule has 2 aromatic carbocycles. The highest BCUT2D eigenvalue weighted by molar-refractivity contribution is 5.42. The molecule has 0 fully saturated rings. The summed E-state index contributed by atoms with van der Waals surface area (Å²) in [6.07, 6.45) is -0.756. The van der Waals surface area contributed by atoms with Crippen LogP contribution in [0.4, 0.5) is 8.78 Å². The van der Waals surface area contributed by atoms with Crippen molar-refractivity contribution in [3.8, 4) is 5.75 Å². The van der Waals surface area contributed by atoms with Gasteiger partial charge in [-0.15, -0.1) is 0 Å². The van der Waals surface area contributed by atoms with E-state index < -0.39 is 17.7 Å². The second kappa shape index (κ2) is 6.22. The largest absolute Gasteiger partial charge is 0.496 e. The van der Waals surface area contributed by atoms with Gasteiger partial charge in [-0.1, -0.05) is 6.07 Å². The zero-order valence-corrected chi connectivity index (χ0v) is 12.3. The molecule has 0 radical (unpaired) electrons. The summed E-state index contributed by atoms with van der Waals surface area (Å²) in [7, 11) is 1.59. The monoisotopic (exact) mass is 292 g/mol. The fourth-order valence-corrected chi connectivity index (χ4v) is 2.40. The molecule has 1 N–H and O–H groups in total. The number of hydrogen-bond acceptors (Lipinski definition) is 2. The third kappa shape index (κ3) is 3.39. The summed E-state index contributed by atoms with van der Waals surface area (Å²) < 4.78 is 31.8. The summed E-state index contributed by atoms with van der Waals surface area (Å²) in [5, 5.41) is 10.3. The third-order valence-corrected chi connectivity index (χ3v) is 3.57. The van der Waals surface area contributed by atoms with Gasteiger partial charge in [-0.3, -0.25) is 0 Å². The van der Waals surface area contributed by atoms with Crippen LogP contribution in [0, 0.1) is 25.5 Å². The van der Waals surface area contributed by atoms with Gasteiger partial charge in [-0.05, 0) is 54.3 Å². The number of halogens is 2. The molecule has 1 atom stereocenters. The van der Waals surface area contributed by atoms with Crippen LogP contribution in [-0.2, 0) is 6.42 Å². The molecule has 2 nitrogen and oxygen atoms in total. The van der Waals surface area contributed by atoms with Crippen LogP contribution in [-0.4, -0.2) is 12.2 Å². The molecule has 4 heteroatoms. The Labute approximate surface area is 123 Å². The minimum Gasteiger partial charge on any atom is -0.496 e. The molecule has 0 saturated carbocycles. The normalized spacial score (nSPS) is 12.3. The van der Waals surface area contributed by atoms with Gasteiger partial charge >= 0.3 is 0 Å². The Bertz CT molecular complexity index is 653. The van der Waals surface area contributed by atoms with Gasteiger partial charge in [0.1, 0.15) is 17.4 Å². The minimum absolute atomic E-state index is 0.0960. The van der Waals surface area contributed by atoms with E-state index in [9.17, 15) is 13.9 Å². The standard InChI is InChI=1S/C17H18F2O2/c1-10-7-17(21-3)11(2)6-14(10)16(20)8-12-4-5-13(18)9-15(12)19/h4-7,9,16,20H,8H2,1-3H3. The third-order valence-electron chi connectivity index (χ3n) is 3.57. The Kier molecular flexibility index (Phi) is 4.58. The molecule has 0 saturated heterocycles. The van der Waals surface area contributed by atoms with Crippen molar-refractivity contribution in [1.82, 2.24) is 0 Å². The van der Waals surface area contributed by atoms with Crippen LogP contribution in [0.25, 0.3) is 0 Å². The van der Waals surface area contributed by atoms with E-state index in [-0.39, 0.29) is 12.0 Å². The smallest absolute Gasteiger partial charge is 0.129 e. The highest BCUT2D eigenvalue weighted by atomic mass is 19.1. The molecular weight excluding hydrogens is 274 g/mol. The first kappa shape index (κ1) is 15.4. The zero-order valence-electron chi connectivity index (χ0n) is 12.3. The SMILES string of the molecule is COc1cc(C)c(C(O)Cc2ccc(F)cc2F)cc1C. The number of hydrogen-bond donors (Lipinski definition) is 1. The second-order valence-corrected chi connectivity index (χ2v) is 5.13. The lowest BCUT2D eigenvalue weighted by Gasteiger charge is -2.17. The Hall–Kier alpha value is -1.94. The molecule has 0 amide bonds. The maximum absolute atomic E-state index is 13.7. The molecule has 0 aliphatic heterocycles. The molecule has 21 heavy (non-hydrogen) atoms. The molecule has 0 aliphatic carbocycles. The van der Waals surface area contributed by atoms with Gasteiger partial charge in [0.25, 0.3) is 0 Å². The van der Waals surface area contributed by atoms with Crippen molar-refractivity contribution < 1.29 is 18.6 Å². The number of methoxy groups -OCH3 is 1. The number of rotatable bonds is 4. The first-order valence-corrected chi connectivity index (χ1v) is 6.69. The predicted molar refractivity (Wildman–Crippen MR) is 77.5 cm³/mol.